The Morgan fingerprint density at radius 3 is 2.24 bits per heavy atom. The smallest absolute Gasteiger partial charge is 0.326 e. The third-order valence-electron chi connectivity index (χ3n) is 5.03. The number of aromatic nitrogens is 1. The van der Waals surface area contributed by atoms with E-state index < -0.39 is 47.8 Å². The van der Waals surface area contributed by atoms with Crippen LogP contribution in [0.5, 0.6) is 0 Å². The fourth-order valence-electron chi connectivity index (χ4n) is 3.24. The number of primary amides is 1. The van der Waals surface area contributed by atoms with Crippen molar-refractivity contribution in [2.24, 2.45) is 11.5 Å². The molecule has 0 aliphatic carbocycles. The van der Waals surface area contributed by atoms with Gasteiger partial charge in [-0.3, -0.25) is 19.2 Å². The predicted octanol–water partition coefficient (Wildman–Crippen LogP) is -0.778. The number of carbonyl (C=O) groups is 5. The molecule has 3 amide bonds. The number of carbonyl (C=O) groups excluding carboxylic acids is 3. The van der Waals surface area contributed by atoms with Gasteiger partial charge in [0.15, 0.2) is 0 Å². The molecule has 0 bridgehead atoms. The SMILES string of the molecule is NC(=O)CCC(NC(=O)C(N)CCC(=O)O)C(=O)NC(Cc1c[nH]c2ccccc12)C(=O)O. The number of amides is 3. The molecule has 1 aromatic carbocycles. The van der Waals surface area contributed by atoms with Crippen LogP contribution < -0.4 is 22.1 Å². The molecule has 0 fully saturated rings. The molecule has 0 aliphatic heterocycles. The Labute approximate surface area is 188 Å². The lowest BCUT2D eigenvalue weighted by atomic mass is 10.0. The zero-order valence-corrected chi connectivity index (χ0v) is 17.7. The van der Waals surface area contributed by atoms with Crippen LogP contribution in [0.3, 0.4) is 0 Å². The molecule has 33 heavy (non-hydrogen) atoms. The molecular formula is C21H27N5O7. The number of carboxylic acids is 2. The van der Waals surface area contributed by atoms with Gasteiger partial charge in [0.1, 0.15) is 12.1 Å². The van der Waals surface area contributed by atoms with Crippen LogP contribution in [-0.2, 0) is 30.4 Å². The minimum Gasteiger partial charge on any atom is -0.481 e. The number of rotatable bonds is 13. The van der Waals surface area contributed by atoms with Gasteiger partial charge in [-0.05, 0) is 24.5 Å². The summed E-state index contributed by atoms with van der Waals surface area (Å²) in [5.41, 5.74) is 12.3. The highest BCUT2D eigenvalue weighted by Crippen LogP contribution is 2.19. The van der Waals surface area contributed by atoms with Crippen LogP contribution in [0.4, 0.5) is 0 Å². The largest absolute Gasteiger partial charge is 0.481 e. The van der Waals surface area contributed by atoms with Crippen molar-refractivity contribution < 1.29 is 34.2 Å². The fraction of sp³-hybridized carbons (Fsp3) is 0.381. The normalized spacial score (nSPS) is 13.6. The first-order valence-electron chi connectivity index (χ1n) is 10.2. The van der Waals surface area contributed by atoms with Crippen LogP contribution in [0.15, 0.2) is 30.5 Å². The van der Waals surface area contributed by atoms with Crippen molar-refractivity contribution in [1.82, 2.24) is 15.6 Å². The first-order valence-corrected chi connectivity index (χ1v) is 10.2. The van der Waals surface area contributed by atoms with E-state index in [1.807, 2.05) is 18.2 Å². The number of H-pyrrole nitrogens is 1. The highest BCUT2D eigenvalue weighted by molar-refractivity contribution is 5.92. The Balaban J connectivity index is 2.11. The maximum Gasteiger partial charge on any atom is 0.326 e. The zero-order chi connectivity index (χ0) is 24.5. The van der Waals surface area contributed by atoms with Gasteiger partial charge in [-0.2, -0.15) is 0 Å². The van der Waals surface area contributed by atoms with Crippen molar-refractivity contribution in [3.8, 4) is 0 Å². The minimum atomic E-state index is -1.31. The van der Waals surface area contributed by atoms with E-state index in [9.17, 15) is 29.1 Å². The molecule has 0 saturated heterocycles. The second-order valence-electron chi connectivity index (χ2n) is 7.57. The molecule has 12 heteroatoms. The van der Waals surface area contributed by atoms with Gasteiger partial charge in [0.25, 0.3) is 0 Å². The van der Waals surface area contributed by atoms with Gasteiger partial charge >= 0.3 is 11.9 Å². The van der Waals surface area contributed by atoms with Crippen molar-refractivity contribution in [1.29, 1.82) is 0 Å². The summed E-state index contributed by atoms with van der Waals surface area (Å²) in [7, 11) is 0. The number of nitrogens with two attached hydrogens (primary N) is 2. The molecule has 178 valence electrons. The second-order valence-corrected chi connectivity index (χ2v) is 7.57. The fourth-order valence-corrected chi connectivity index (χ4v) is 3.24. The van der Waals surface area contributed by atoms with Gasteiger partial charge in [-0.25, -0.2) is 4.79 Å². The Kier molecular flexibility index (Phi) is 8.92. The number of aromatic amines is 1. The van der Waals surface area contributed by atoms with E-state index in [2.05, 4.69) is 15.6 Å². The van der Waals surface area contributed by atoms with E-state index in [-0.39, 0.29) is 32.1 Å². The molecule has 9 N–H and O–H groups in total. The number of hydrogen-bond acceptors (Lipinski definition) is 6. The second kappa shape index (κ2) is 11.6. The van der Waals surface area contributed by atoms with Crippen LogP contribution in [-0.4, -0.2) is 63.0 Å². The average molecular weight is 461 g/mol. The molecule has 1 heterocycles. The summed E-state index contributed by atoms with van der Waals surface area (Å²) >= 11 is 0. The molecular weight excluding hydrogens is 434 g/mol. The van der Waals surface area contributed by atoms with E-state index in [1.165, 1.54) is 0 Å². The highest BCUT2D eigenvalue weighted by atomic mass is 16.4. The van der Waals surface area contributed by atoms with Crippen molar-refractivity contribution in [2.75, 3.05) is 0 Å². The van der Waals surface area contributed by atoms with Gasteiger partial charge in [0.05, 0.1) is 6.04 Å². The molecule has 2 rings (SSSR count). The maximum absolute atomic E-state index is 12.8. The summed E-state index contributed by atoms with van der Waals surface area (Å²) in [6.45, 7) is 0. The van der Waals surface area contributed by atoms with E-state index in [0.717, 1.165) is 10.9 Å². The van der Waals surface area contributed by atoms with Crippen LogP contribution in [0.1, 0.15) is 31.2 Å². The first-order chi connectivity index (χ1) is 15.6. The lowest BCUT2D eigenvalue weighted by Gasteiger charge is -2.22. The van der Waals surface area contributed by atoms with Crippen molar-refractivity contribution >= 4 is 40.6 Å². The Hall–Kier alpha value is -3.93. The van der Waals surface area contributed by atoms with Crippen molar-refractivity contribution in [3.63, 3.8) is 0 Å². The summed E-state index contributed by atoms with van der Waals surface area (Å²) in [6, 6.07) is 3.47. The summed E-state index contributed by atoms with van der Waals surface area (Å²) in [4.78, 5) is 61.8. The van der Waals surface area contributed by atoms with Crippen molar-refractivity contribution in [3.05, 3.63) is 36.0 Å². The van der Waals surface area contributed by atoms with Crippen molar-refractivity contribution in [2.45, 2.75) is 50.2 Å². The number of nitrogens with one attached hydrogen (secondary N) is 3. The first kappa shape index (κ1) is 25.3. The number of aliphatic carboxylic acids is 2. The number of para-hydroxylation sites is 1. The zero-order valence-electron chi connectivity index (χ0n) is 17.7. The van der Waals surface area contributed by atoms with Crippen LogP contribution >= 0.6 is 0 Å². The van der Waals surface area contributed by atoms with Gasteiger partial charge in [-0.1, -0.05) is 18.2 Å². The molecule has 2 aromatic rings. The van der Waals surface area contributed by atoms with E-state index >= 15 is 0 Å². The third-order valence-corrected chi connectivity index (χ3v) is 5.03. The third kappa shape index (κ3) is 7.61. The number of benzene rings is 1. The topological polar surface area (TPSA) is 218 Å². The average Bonchev–Trinajstić information content (AvgIpc) is 3.16. The van der Waals surface area contributed by atoms with Crippen LogP contribution in [0, 0.1) is 0 Å². The van der Waals surface area contributed by atoms with Crippen LogP contribution in [0.2, 0.25) is 0 Å². The molecule has 0 radical (unpaired) electrons. The Morgan fingerprint density at radius 1 is 0.939 bits per heavy atom. The maximum atomic E-state index is 12.8. The standard InChI is InChI=1S/C21H27N5O7/c22-13(5-8-18(28)29)19(30)25-15(6-7-17(23)27)20(31)26-16(21(32)33)9-11-10-24-14-4-2-1-3-12(11)14/h1-4,10,13,15-16,24H,5-9,22H2,(H2,23,27)(H,25,30)(H,26,31)(H,28,29)(H,32,33). The van der Waals surface area contributed by atoms with E-state index in [0.29, 0.717) is 5.56 Å². The van der Waals surface area contributed by atoms with Crippen LogP contribution in [0.25, 0.3) is 10.9 Å². The highest BCUT2D eigenvalue weighted by Gasteiger charge is 2.29. The van der Waals surface area contributed by atoms with Gasteiger partial charge < -0.3 is 37.3 Å². The Bertz CT molecular complexity index is 1030. The molecule has 0 aliphatic rings. The number of fused-ring (bicyclic) bond motifs is 1. The molecule has 12 nitrogen and oxygen atoms in total. The number of hydrogen-bond donors (Lipinski definition) is 7. The van der Waals surface area contributed by atoms with Gasteiger partial charge in [0, 0.05) is 36.4 Å². The van der Waals surface area contributed by atoms with Gasteiger partial charge in [0.2, 0.25) is 17.7 Å². The summed E-state index contributed by atoms with van der Waals surface area (Å²) in [5.74, 6) is -4.77. The molecule has 3 unspecified atom stereocenters. The quantitative estimate of drug-likeness (QED) is 0.200. The summed E-state index contributed by atoms with van der Waals surface area (Å²) in [6.07, 6.45) is 0.684. The number of carboxylic acid groups (broad SMARTS) is 2. The predicted molar refractivity (Wildman–Crippen MR) is 117 cm³/mol. The molecule has 0 spiro atoms. The lowest BCUT2D eigenvalue weighted by molar-refractivity contribution is -0.142. The monoisotopic (exact) mass is 461 g/mol. The van der Waals surface area contributed by atoms with E-state index in [1.54, 1.807) is 12.3 Å². The van der Waals surface area contributed by atoms with Gasteiger partial charge in [-0.15, -0.1) is 0 Å². The van der Waals surface area contributed by atoms with E-state index in [4.69, 9.17) is 16.6 Å². The lowest BCUT2D eigenvalue weighted by Crippen LogP contribution is -2.55. The Morgan fingerprint density at radius 2 is 1.61 bits per heavy atom. The minimum absolute atomic E-state index is 0.0281. The summed E-state index contributed by atoms with van der Waals surface area (Å²) in [5, 5.41) is 23.9. The summed E-state index contributed by atoms with van der Waals surface area (Å²) < 4.78 is 0. The molecule has 3 atom stereocenters. The molecule has 1 aromatic heterocycles. The molecule has 0 saturated carbocycles.